The zero-order valence-corrected chi connectivity index (χ0v) is 20.3. The number of nitrogens with one attached hydrogen (secondary N) is 1. The summed E-state index contributed by atoms with van der Waals surface area (Å²) < 4.78 is 31.0. The summed E-state index contributed by atoms with van der Waals surface area (Å²) in [6.07, 6.45) is 0.782. The molecule has 0 saturated heterocycles. The first-order valence-corrected chi connectivity index (χ1v) is 11.7. The van der Waals surface area contributed by atoms with Crippen LogP contribution in [-0.2, 0) is 14.8 Å². The molecule has 0 unspecified atom stereocenters. The zero-order valence-electron chi connectivity index (χ0n) is 17.9. The third-order valence-corrected chi connectivity index (χ3v) is 5.37. The lowest BCUT2D eigenvalue weighted by Crippen LogP contribution is -2.38. The molecule has 2 aromatic rings. The Morgan fingerprint density at radius 3 is 2.39 bits per heavy atom. The van der Waals surface area contributed by atoms with Crippen LogP contribution in [0, 0.1) is 6.92 Å². The molecular weight excluding hydrogens is 482 g/mol. The predicted molar refractivity (Wildman–Crippen MR) is 127 cm³/mol. The third-order valence-electron chi connectivity index (χ3n) is 3.88. The molecule has 31 heavy (non-hydrogen) atoms. The number of sulfonamides is 1. The fraction of sp³-hybridized carbons (Fsp3) is 0.273. The highest BCUT2D eigenvalue weighted by molar-refractivity contribution is 9.11. The van der Waals surface area contributed by atoms with Crippen molar-refractivity contribution < 1.29 is 17.9 Å². The molecule has 0 heterocycles. The van der Waals surface area contributed by atoms with E-state index in [1.807, 2.05) is 6.92 Å². The van der Waals surface area contributed by atoms with Crippen molar-refractivity contribution in [2.75, 3.05) is 11.4 Å². The van der Waals surface area contributed by atoms with Crippen LogP contribution in [0.15, 0.2) is 69.6 Å². The molecule has 0 atom stereocenters. The Balaban J connectivity index is 2.31. The van der Waals surface area contributed by atoms with Crippen LogP contribution in [-0.4, -0.2) is 32.9 Å². The molecule has 0 aliphatic carbocycles. The molecule has 0 aromatic heterocycles. The summed E-state index contributed by atoms with van der Waals surface area (Å²) >= 11 is 3.29. The van der Waals surface area contributed by atoms with Crippen molar-refractivity contribution in [2.24, 2.45) is 5.10 Å². The van der Waals surface area contributed by atoms with E-state index < -0.39 is 21.7 Å². The molecule has 2 rings (SSSR count). The lowest BCUT2D eigenvalue weighted by atomic mass is 10.1. The van der Waals surface area contributed by atoms with E-state index in [1.54, 1.807) is 57.2 Å². The van der Waals surface area contributed by atoms with Gasteiger partial charge in [-0.15, -0.1) is 0 Å². The minimum atomic E-state index is -3.81. The summed E-state index contributed by atoms with van der Waals surface area (Å²) in [5.74, 6) is 0. The highest BCUT2D eigenvalue weighted by Crippen LogP contribution is 2.24. The molecule has 166 valence electrons. The Morgan fingerprint density at radius 1 is 1.19 bits per heavy atom. The highest BCUT2D eigenvalue weighted by Gasteiger charge is 2.25. The predicted octanol–water partition coefficient (Wildman–Crippen LogP) is 4.96. The number of hydrogen-bond acceptors (Lipinski definition) is 5. The minimum Gasteiger partial charge on any atom is -0.443 e. The van der Waals surface area contributed by atoms with Crippen molar-refractivity contribution in [2.45, 2.75) is 38.2 Å². The quantitative estimate of drug-likeness (QED) is 0.423. The molecule has 0 bridgehead atoms. The van der Waals surface area contributed by atoms with E-state index in [-0.39, 0.29) is 11.4 Å². The Bertz CT molecular complexity index is 1070. The van der Waals surface area contributed by atoms with Crippen LogP contribution in [0.3, 0.4) is 0 Å². The molecule has 1 amide bonds. The molecule has 2 aromatic carbocycles. The summed E-state index contributed by atoms with van der Waals surface area (Å²) in [4.78, 5) is 16.5. The SMILES string of the molecule is C=C(Br)CN(C(=O)OC(C)(C)C)c1ccccc1/C=N/NS(=O)(=O)c1ccc(C)cc1. The molecule has 0 aliphatic rings. The number of halogens is 1. The van der Waals surface area contributed by atoms with Crippen LogP contribution in [0.1, 0.15) is 31.9 Å². The number of nitrogens with zero attached hydrogens (tertiary/aromatic N) is 2. The van der Waals surface area contributed by atoms with Gasteiger partial charge in [-0.05, 0) is 45.9 Å². The zero-order chi connectivity index (χ0) is 23.2. The van der Waals surface area contributed by atoms with Gasteiger partial charge in [0.15, 0.2) is 0 Å². The number of ether oxygens (including phenoxy) is 1. The molecule has 9 heteroatoms. The standard InChI is InChI=1S/C22H26BrN3O4S/c1-16-10-12-19(13-11-16)31(28,29)25-24-14-18-8-6-7-9-20(18)26(15-17(2)23)21(27)30-22(3,4)5/h6-14,25H,2,15H2,1,3-5H3/b24-14+. The van der Waals surface area contributed by atoms with E-state index in [1.165, 1.54) is 23.2 Å². The van der Waals surface area contributed by atoms with Gasteiger partial charge in [-0.1, -0.05) is 58.4 Å². The second-order valence-electron chi connectivity index (χ2n) is 7.81. The second kappa shape index (κ2) is 10.1. The monoisotopic (exact) mass is 507 g/mol. The van der Waals surface area contributed by atoms with Gasteiger partial charge in [-0.25, -0.2) is 9.63 Å². The average Bonchev–Trinajstić information content (AvgIpc) is 2.65. The first kappa shape index (κ1) is 24.6. The number of amides is 1. The maximum Gasteiger partial charge on any atom is 0.415 e. The molecule has 0 spiro atoms. The number of aryl methyl sites for hydroxylation is 1. The van der Waals surface area contributed by atoms with Crippen molar-refractivity contribution in [3.05, 3.63) is 70.7 Å². The van der Waals surface area contributed by atoms with E-state index >= 15 is 0 Å². The van der Waals surface area contributed by atoms with E-state index in [2.05, 4.69) is 32.4 Å². The van der Waals surface area contributed by atoms with Crippen LogP contribution >= 0.6 is 15.9 Å². The van der Waals surface area contributed by atoms with Gasteiger partial charge >= 0.3 is 6.09 Å². The van der Waals surface area contributed by atoms with Gasteiger partial charge in [0.2, 0.25) is 0 Å². The Morgan fingerprint density at radius 2 is 1.81 bits per heavy atom. The Hall–Kier alpha value is -2.65. The first-order valence-electron chi connectivity index (χ1n) is 9.43. The van der Waals surface area contributed by atoms with Gasteiger partial charge in [0.1, 0.15) is 5.60 Å². The number of hydrazone groups is 1. The van der Waals surface area contributed by atoms with Crippen molar-refractivity contribution in [3.63, 3.8) is 0 Å². The highest BCUT2D eigenvalue weighted by atomic mass is 79.9. The Labute approximate surface area is 192 Å². The van der Waals surface area contributed by atoms with E-state index in [0.717, 1.165) is 5.56 Å². The number of benzene rings is 2. The fourth-order valence-electron chi connectivity index (χ4n) is 2.51. The van der Waals surface area contributed by atoms with E-state index in [4.69, 9.17) is 4.74 Å². The van der Waals surface area contributed by atoms with Crippen molar-refractivity contribution >= 4 is 43.9 Å². The van der Waals surface area contributed by atoms with Crippen LogP contribution in [0.5, 0.6) is 0 Å². The number of para-hydroxylation sites is 1. The number of carbonyl (C=O) groups excluding carboxylic acids is 1. The second-order valence-corrected chi connectivity index (χ2v) is 10.6. The van der Waals surface area contributed by atoms with Gasteiger partial charge in [0.25, 0.3) is 10.0 Å². The van der Waals surface area contributed by atoms with E-state index in [9.17, 15) is 13.2 Å². The normalized spacial score (nSPS) is 11.9. The summed E-state index contributed by atoms with van der Waals surface area (Å²) in [5, 5.41) is 3.89. The van der Waals surface area contributed by atoms with Crippen LogP contribution in [0.25, 0.3) is 0 Å². The average molecular weight is 508 g/mol. The lowest BCUT2D eigenvalue weighted by molar-refractivity contribution is 0.0584. The number of hydrogen-bond donors (Lipinski definition) is 1. The van der Waals surface area contributed by atoms with Crippen LogP contribution in [0.4, 0.5) is 10.5 Å². The maximum absolute atomic E-state index is 12.8. The molecule has 0 radical (unpaired) electrons. The molecule has 7 nitrogen and oxygen atoms in total. The topological polar surface area (TPSA) is 88.1 Å². The summed E-state index contributed by atoms with van der Waals surface area (Å²) in [6.45, 7) is 11.2. The van der Waals surface area contributed by atoms with Gasteiger partial charge in [0, 0.05) is 10.0 Å². The fourth-order valence-corrected chi connectivity index (χ4v) is 3.56. The van der Waals surface area contributed by atoms with Crippen LogP contribution < -0.4 is 9.73 Å². The molecule has 0 aliphatic heterocycles. The maximum atomic E-state index is 12.8. The van der Waals surface area contributed by atoms with Crippen LogP contribution in [0.2, 0.25) is 0 Å². The Kier molecular flexibility index (Phi) is 8.02. The number of anilines is 1. The van der Waals surface area contributed by atoms with Gasteiger partial charge in [-0.3, -0.25) is 4.90 Å². The van der Waals surface area contributed by atoms with Crippen molar-refractivity contribution in [1.82, 2.24) is 4.83 Å². The summed E-state index contributed by atoms with van der Waals surface area (Å²) in [5.41, 5.74) is 1.28. The van der Waals surface area contributed by atoms with Gasteiger partial charge in [0.05, 0.1) is 23.3 Å². The van der Waals surface area contributed by atoms with Crippen molar-refractivity contribution in [1.29, 1.82) is 0 Å². The first-order chi connectivity index (χ1) is 14.4. The van der Waals surface area contributed by atoms with E-state index in [0.29, 0.717) is 15.7 Å². The third kappa shape index (κ3) is 7.52. The van der Waals surface area contributed by atoms with Gasteiger partial charge in [-0.2, -0.15) is 13.5 Å². The summed E-state index contributed by atoms with van der Waals surface area (Å²) in [7, 11) is -3.81. The number of rotatable bonds is 7. The molecule has 0 saturated carbocycles. The summed E-state index contributed by atoms with van der Waals surface area (Å²) in [6, 6.07) is 13.4. The lowest BCUT2D eigenvalue weighted by Gasteiger charge is -2.28. The smallest absolute Gasteiger partial charge is 0.415 e. The van der Waals surface area contributed by atoms with Gasteiger partial charge < -0.3 is 4.74 Å². The molecular formula is C22H26BrN3O4S. The number of carbonyl (C=O) groups is 1. The van der Waals surface area contributed by atoms with Crippen molar-refractivity contribution in [3.8, 4) is 0 Å². The minimum absolute atomic E-state index is 0.106. The largest absolute Gasteiger partial charge is 0.443 e. The molecule has 0 fully saturated rings. The molecule has 1 N–H and O–H groups in total.